The lowest BCUT2D eigenvalue weighted by Crippen LogP contribution is -1.99. The third-order valence-corrected chi connectivity index (χ3v) is 0.663. The molecule has 52 valence electrons. The first-order chi connectivity index (χ1) is 4.27. The minimum atomic E-state index is -0.952. The fraction of sp³-hybridized carbons (Fsp3) is 0.400. The van der Waals surface area contributed by atoms with Crippen LogP contribution in [0.25, 0.3) is 0 Å². The van der Waals surface area contributed by atoms with E-state index in [4.69, 9.17) is 5.11 Å². The van der Waals surface area contributed by atoms with E-state index in [-0.39, 0.29) is 0 Å². The van der Waals surface area contributed by atoms with E-state index in [9.17, 15) is 4.79 Å². The molecule has 0 aromatic rings. The van der Waals surface area contributed by atoms with E-state index in [0.29, 0.717) is 13.0 Å². The van der Waals surface area contributed by atoms with Gasteiger partial charge in [-0.2, -0.15) is 0 Å². The van der Waals surface area contributed by atoms with Gasteiger partial charge in [-0.1, -0.05) is 6.08 Å². The Morgan fingerprint density at radius 1 is 1.78 bits per heavy atom. The molecule has 0 saturated heterocycles. The maximum Gasteiger partial charge on any atom is 0.327 e. The van der Waals surface area contributed by atoms with Crippen LogP contribution < -0.4 is 5.90 Å². The van der Waals surface area contributed by atoms with E-state index in [2.05, 4.69) is 10.7 Å². The van der Waals surface area contributed by atoms with Crippen LogP contribution >= 0.6 is 0 Å². The lowest BCUT2D eigenvalue weighted by atomic mass is 10.4. The highest BCUT2D eigenvalue weighted by Gasteiger charge is 1.83. The van der Waals surface area contributed by atoms with Gasteiger partial charge in [0.05, 0.1) is 6.61 Å². The minimum Gasteiger partial charge on any atom is -0.478 e. The average molecular weight is 131 g/mol. The monoisotopic (exact) mass is 131 g/mol. The van der Waals surface area contributed by atoms with Crippen LogP contribution in [0.3, 0.4) is 0 Å². The molecule has 0 rings (SSSR count). The Bertz CT molecular complexity index is 111. The highest BCUT2D eigenvalue weighted by atomic mass is 16.6. The normalized spacial score (nSPS) is 10.3. The van der Waals surface area contributed by atoms with E-state index >= 15 is 0 Å². The number of carboxylic acids is 1. The molecule has 0 aromatic heterocycles. The van der Waals surface area contributed by atoms with Gasteiger partial charge in [-0.3, -0.25) is 0 Å². The number of hydrogen-bond acceptors (Lipinski definition) is 3. The van der Waals surface area contributed by atoms with Gasteiger partial charge in [0.1, 0.15) is 0 Å². The van der Waals surface area contributed by atoms with Crippen LogP contribution in [-0.4, -0.2) is 17.7 Å². The average Bonchev–Trinajstić information content (AvgIpc) is 1.80. The lowest BCUT2D eigenvalue weighted by molar-refractivity contribution is -0.131. The molecule has 4 nitrogen and oxygen atoms in total. The Kier molecular flexibility index (Phi) is 4.76. The highest BCUT2D eigenvalue weighted by Crippen LogP contribution is 1.81. The van der Waals surface area contributed by atoms with Gasteiger partial charge in [0.2, 0.25) is 0 Å². The molecule has 0 aliphatic carbocycles. The number of nitrogens with two attached hydrogens (primary N) is 1. The zero-order chi connectivity index (χ0) is 7.11. The van der Waals surface area contributed by atoms with Crippen LogP contribution in [0.1, 0.15) is 6.42 Å². The second-order valence-corrected chi connectivity index (χ2v) is 1.40. The first kappa shape index (κ1) is 8.13. The van der Waals surface area contributed by atoms with E-state index in [1.807, 2.05) is 0 Å². The lowest BCUT2D eigenvalue weighted by Gasteiger charge is -1.87. The summed E-state index contributed by atoms with van der Waals surface area (Å²) in [7, 11) is 0. The number of hydrogen-bond donors (Lipinski definition) is 2. The summed E-state index contributed by atoms with van der Waals surface area (Å²) in [5, 5.41) is 8.05. The zero-order valence-electron chi connectivity index (χ0n) is 4.91. The van der Waals surface area contributed by atoms with Gasteiger partial charge in [0.25, 0.3) is 0 Å². The van der Waals surface area contributed by atoms with Gasteiger partial charge in [-0.15, -0.1) is 0 Å². The van der Waals surface area contributed by atoms with Crippen LogP contribution in [-0.2, 0) is 9.63 Å². The van der Waals surface area contributed by atoms with Crippen molar-refractivity contribution in [1.29, 1.82) is 0 Å². The summed E-state index contributed by atoms with van der Waals surface area (Å²) in [6.45, 7) is 0.351. The highest BCUT2D eigenvalue weighted by molar-refractivity contribution is 5.79. The van der Waals surface area contributed by atoms with Crippen molar-refractivity contribution < 1.29 is 14.7 Å². The van der Waals surface area contributed by atoms with E-state index in [1.165, 1.54) is 6.08 Å². The second-order valence-electron chi connectivity index (χ2n) is 1.40. The van der Waals surface area contributed by atoms with Crippen molar-refractivity contribution in [3.05, 3.63) is 12.2 Å². The standard InChI is InChI=1S/C5H9NO3/c6-9-4-2-1-3-5(7)8/h1,3H,2,4,6H2,(H,7,8). The summed E-state index contributed by atoms with van der Waals surface area (Å²) in [5.41, 5.74) is 0. The van der Waals surface area contributed by atoms with Crippen molar-refractivity contribution in [2.24, 2.45) is 5.90 Å². The van der Waals surface area contributed by atoms with E-state index in [1.54, 1.807) is 0 Å². The Morgan fingerprint density at radius 3 is 2.89 bits per heavy atom. The van der Waals surface area contributed by atoms with Gasteiger partial charge < -0.3 is 9.94 Å². The molecule has 9 heavy (non-hydrogen) atoms. The van der Waals surface area contributed by atoms with Crippen LogP contribution in [0.4, 0.5) is 0 Å². The van der Waals surface area contributed by atoms with Gasteiger partial charge >= 0.3 is 5.97 Å². The van der Waals surface area contributed by atoms with Crippen molar-refractivity contribution in [1.82, 2.24) is 0 Å². The first-order valence-electron chi connectivity index (χ1n) is 2.48. The summed E-state index contributed by atoms with van der Waals surface area (Å²) in [5.74, 6) is 3.71. The Balaban J connectivity index is 3.15. The number of rotatable bonds is 4. The summed E-state index contributed by atoms with van der Waals surface area (Å²) in [6, 6.07) is 0. The van der Waals surface area contributed by atoms with Crippen molar-refractivity contribution in [2.75, 3.05) is 6.61 Å². The minimum absolute atomic E-state index is 0.351. The summed E-state index contributed by atoms with van der Waals surface area (Å²) < 4.78 is 0. The van der Waals surface area contributed by atoms with Crippen molar-refractivity contribution in [2.45, 2.75) is 6.42 Å². The van der Waals surface area contributed by atoms with E-state index in [0.717, 1.165) is 6.08 Å². The van der Waals surface area contributed by atoms with Crippen molar-refractivity contribution in [3.8, 4) is 0 Å². The molecular weight excluding hydrogens is 122 g/mol. The van der Waals surface area contributed by atoms with Gasteiger partial charge in [0, 0.05) is 6.08 Å². The molecule has 0 saturated carbocycles. The Hall–Kier alpha value is -0.870. The molecule has 0 amide bonds. The van der Waals surface area contributed by atoms with Crippen LogP contribution in [0.15, 0.2) is 12.2 Å². The quantitative estimate of drug-likeness (QED) is 0.317. The molecule has 0 spiro atoms. The van der Waals surface area contributed by atoms with Gasteiger partial charge in [-0.25, -0.2) is 10.7 Å². The van der Waals surface area contributed by atoms with Gasteiger partial charge in [0.15, 0.2) is 0 Å². The SMILES string of the molecule is NOCCC=CC(=O)O. The third kappa shape index (κ3) is 7.13. The van der Waals surface area contributed by atoms with Crippen molar-refractivity contribution in [3.63, 3.8) is 0 Å². The summed E-state index contributed by atoms with van der Waals surface area (Å²) >= 11 is 0. The molecule has 0 fully saturated rings. The number of carboxylic acid groups (broad SMARTS) is 1. The zero-order valence-corrected chi connectivity index (χ0v) is 4.91. The van der Waals surface area contributed by atoms with Crippen LogP contribution in [0.5, 0.6) is 0 Å². The van der Waals surface area contributed by atoms with E-state index < -0.39 is 5.97 Å². The number of carbonyl (C=O) groups is 1. The Morgan fingerprint density at radius 2 is 2.44 bits per heavy atom. The molecule has 0 aromatic carbocycles. The maximum atomic E-state index is 9.80. The Labute approximate surface area is 52.9 Å². The molecule has 0 unspecified atom stereocenters. The summed E-state index contributed by atoms with van der Waals surface area (Å²) in [4.78, 5) is 14.0. The number of aliphatic carboxylic acids is 1. The fourth-order valence-corrected chi connectivity index (χ4v) is 0.320. The van der Waals surface area contributed by atoms with Crippen LogP contribution in [0.2, 0.25) is 0 Å². The van der Waals surface area contributed by atoms with Crippen molar-refractivity contribution >= 4 is 5.97 Å². The molecule has 0 bridgehead atoms. The molecule has 0 radical (unpaired) electrons. The first-order valence-corrected chi connectivity index (χ1v) is 2.48. The molecule has 0 aliphatic heterocycles. The maximum absolute atomic E-state index is 9.80. The predicted molar refractivity (Wildman–Crippen MR) is 31.5 cm³/mol. The molecular formula is C5H9NO3. The predicted octanol–water partition coefficient (Wildman–Crippen LogP) is -0.0924. The molecule has 4 heteroatoms. The second kappa shape index (κ2) is 5.27. The van der Waals surface area contributed by atoms with Crippen LogP contribution in [0, 0.1) is 0 Å². The molecule has 0 aliphatic rings. The molecule has 0 atom stereocenters. The fourth-order valence-electron chi connectivity index (χ4n) is 0.320. The molecule has 3 N–H and O–H groups in total. The summed E-state index contributed by atoms with van der Waals surface area (Å²) in [6.07, 6.45) is 3.07. The third-order valence-electron chi connectivity index (χ3n) is 0.663. The topological polar surface area (TPSA) is 72.5 Å². The van der Waals surface area contributed by atoms with Gasteiger partial charge in [-0.05, 0) is 6.42 Å². The largest absolute Gasteiger partial charge is 0.478 e. The smallest absolute Gasteiger partial charge is 0.327 e. The molecule has 0 heterocycles.